The summed E-state index contributed by atoms with van der Waals surface area (Å²) in [6.07, 6.45) is 2.66. The second-order valence-electron chi connectivity index (χ2n) is 3.78. The minimum absolute atomic E-state index is 0.217. The molecule has 1 aromatic heterocycles. The maximum absolute atomic E-state index is 11.5. The van der Waals surface area contributed by atoms with Crippen LogP contribution in [-0.2, 0) is 4.74 Å². The van der Waals surface area contributed by atoms with Crippen molar-refractivity contribution in [1.82, 2.24) is 10.3 Å². The largest absolute Gasteiger partial charge is 0.381 e. The van der Waals surface area contributed by atoms with Crippen LogP contribution in [0, 0.1) is 5.92 Å². The average molecular weight is 221 g/mol. The number of aromatic nitrogens is 1. The number of urea groups is 1. The van der Waals surface area contributed by atoms with Gasteiger partial charge in [-0.25, -0.2) is 9.78 Å². The number of hydrogen-bond acceptors (Lipinski definition) is 3. The van der Waals surface area contributed by atoms with E-state index >= 15 is 0 Å². The summed E-state index contributed by atoms with van der Waals surface area (Å²) >= 11 is 0. The second kappa shape index (κ2) is 5.46. The number of carbonyl (C=O) groups excluding carboxylic acids is 1. The fourth-order valence-corrected chi connectivity index (χ4v) is 1.58. The number of anilines is 1. The van der Waals surface area contributed by atoms with E-state index in [1.807, 2.05) is 6.07 Å². The lowest BCUT2D eigenvalue weighted by atomic mass is 10.1. The topological polar surface area (TPSA) is 63.2 Å². The van der Waals surface area contributed by atoms with Crippen molar-refractivity contribution in [2.24, 2.45) is 5.92 Å². The highest BCUT2D eigenvalue weighted by atomic mass is 16.5. The predicted molar refractivity (Wildman–Crippen MR) is 60.2 cm³/mol. The van der Waals surface area contributed by atoms with E-state index in [0.29, 0.717) is 18.3 Å². The van der Waals surface area contributed by atoms with E-state index in [1.165, 1.54) is 0 Å². The summed E-state index contributed by atoms with van der Waals surface area (Å²) in [6.45, 7) is 2.19. The van der Waals surface area contributed by atoms with Gasteiger partial charge in [0.25, 0.3) is 0 Å². The molecule has 1 fully saturated rings. The van der Waals surface area contributed by atoms with Gasteiger partial charge < -0.3 is 10.1 Å². The Balaban J connectivity index is 1.72. The maximum atomic E-state index is 11.5. The van der Waals surface area contributed by atoms with Crippen LogP contribution in [0.15, 0.2) is 24.4 Å². The molecular formula is C11H15N3O2. The Hall–Kier alpha value is -1.62. The standard InChI is InChI=1S/C11H15N3O2/c15-11(13-7-9-4-6-16-8-9)14-10-3-1-2-5-12-10/h1-3,5,9H,4,6-8H2,(H2,12,13,14,15)/t9-/m0/s1. The van der Waals surface area contributed by atoms with Crippen LogP contribution in [0.25, 0.3) is 0 Å². The molecule has 0 aromatic carbocycles. The lowest BCUT2D eigenvalue weighted by Gasteiger charge is -2.10. The van der Waals surface area contributed by atoms with Gasteiger partial charge in [-0.2, -0.15) is 0 Å². The number of rotatable bonds is 3. The molecule has 1 saturated heterocycles. The summed E-state index contributed by atoms with van der Waals surface area (Å²) in [4.78, 5) is 15.5. The molecule has 0 aliphatic carbocycles. The lowest BCUT2D eigenvalue weighted by molar-refractivity contribution is 0.185. The van der Waals surface area contributed by atoms with Gasteiger partial charge in [0.15, 0.2) is 0 Å². The summed E-state index contributed by atoms with van der Waals surface area (Å²) in [6, 6.07) is 5.16. The molecule has 0 unspecified atom stereocenters. The molecule has 1 aliphatic heterocycles. The van der Waals surface area contributed by atoms with Crippen LogP contribution in [0.3, 0.4) is 0 Å². The third-order valence-electron chi connectivity index (χ3n) is 2.48. The van der Waals surface area contributed by atoms with Gasteiger partial charge in [0.2, 0.25) is 0 Å². The van der Waals surface area contributed by atoms with Gasteiger partial charge in [0, 0.05) is 25.3 Å². The summed E-state index contributed by atoms with van der Waals surface area (Å²) in [5.41, 5.74) is 0. The van der Waals surface area contributed by atoms with Gasteiger partial charge >= 0.3 is 6.03 Å². The van der Waals surface area contributed by atoms with Crippen molar-refractivity contribution in [3.05, 3.63) is 24.4 Å². The Bertz CT molecular complexity index is 336. The van der Waals surface area contributed by atoms with Gasteiger partial charge in [0.05, 0.1) is 6.61 Å². The number of amides is 2. The first-order chi connectivity index (χ1) is 7.84. The van der Waals surface area contributed by atoms with Crippen molar-refractivity contribution < 1.29 is 9.53 Å². The first kappa shape index (κ1) is 10.9. The highest BCUT2D eigenvalue weighted by Gasteiger charge is 2.16. The van der Waals surface area contributed by atoms with Gasteiger partial charge in [-0.15, -0.1) is 0 Å². The third kappa shape index (κ3) is 3.20. The normalized spacial score (nSPS) is 19.4. The zero-order valence-corrected chi connectivity index (χ0v) is 8.98. The van der Waals surface area contributed by atoms with Crippen LogP contribution < -0.4 is 10.6 Å². The van der Waals surface area contributed by atoms with Gasteiger partial charge in [-0.05, 0) is 18.6 Å². The molecule has 5 heteroatoms. The van der Waals surface area contributed by atoms with Crippen molar-refractivity contribution in [3.8, 4) is 0 Å². The number of ether oxygens (including phenoxy) is 1. The molecule has 16 heavy (non-hydrogen) atoms. The molecule has 0 spiro atoms. The van der Waals surface area contributed by atoms with E-state index in [0.717, 1.165) is 19.6 Å². The quantitative estimate of drug-likeness (QED) is 0.807. The molecule has 2 rings (SSSR count). The zero-order chi connectivity index (χ0) is 11.2. The van der Waals surface area contributed by atoms with Gasteiger partial charge in [-0.1, -0.05) is 6.07 Å². The molecule has 1 atom stereocenters. The summed E-state index contributed by atoms with van der Waals surface area (Å²) in [5.74, 6) is 0.997. The van der Waals surface area contributed by atoms with Crippen molar-refractivity contribution in [2.45, 2.75) is 6.42 Å². The Morgan fingerprint density at radius 3 is 3.19 bits per heavy atom. The molecule has 1 aliphatic rings. The van der Waals surface area contributed by atoms with Crippen LogP contribution in [0.1, 0.15) is 6.42 Å². The molecule has 0 bridgehead atoms. The lowest BCUT2D eigenvalue weighted by Crippen LogP contribution is -2.33. The average Bonchev–Trinajstić information content (AvgIpc) is 2.81. The first-order valence-electron chi connectivity index (χ1n) is 5.38. The predicted octanol–water partition coefficient (Wildman–Crippen LogP) is 1.24. The summed E-state index contributed by atoms with van der Waals surface area (Å²) < 4.78 is 5.22. The highest BCUT2D eigenvalue weighted by molar-refractivity contribution is 5.88. The van der Waals surface area contributed by atoms with Gasteiger partial charge in [0.1, 0.15) is 5.82 Å². The Kier molecular flexibility index (Phi) is 3.71. The van der Waals surface area contributed by atoms with Crippen LogP contribution in [0.4, 0.5) is 10.6 Å². The SMILES string of the molecule is O=C(NC[C@@H]1CCOC1)Nc1ccccn1. The minimum atomic E-state index is -0.217. The molecular weight excluding hydrogens is 206 g/mol. The number of nitrogens with zero attached hydrogens (tertiary/aromatic N) is 1. The number of pyridine rings is 1. The summed E-state index contributed by atoms with van der Waals surface area (Å²) in [7, 11) is 0. The summed E-state index contributed by atoms with van der Waals surface area (Å²) in [5, 5.41) is 5.47. The third-order valence-corrected chi connectivity index (χ3v) is 2.48. The van der Waals surface area contributed by atoms with Crippen LogP contribution >= 0.6 is 0 Å². The number of carbonyl (C=O) groups is 1. The van der Waals surface area contributed by atoms with Crippen LogP contribution in [0.5, 0.6) is 0 Å². The molecule has 2 heterocycles. The smallest absolute Gasteiger partial charge is 0.320 e. The molecule has 86 valence electrons. The molecule has 5 nitrogen and oxygen atoms in total. The first-order valence-corrected chi connectivity index (χ1v) is 5.38. The Labute approximate surface area is 94.2 Å². The molecule has 2 amide bonds. The second-order valence-corrected chi connectivity index (χ2v) is 3.78. The van der Waals surface area contributed by atoms with Crippen LogP contribution in [-0.4, -0.2) is 30.8 Å². The highest BCUT2D eigenvalue weighted by Crippen LogP contribution is 2.10. The van der Waals surface area contributed by atoms with E-state index in [9.17, 15) is 4.79 Å². The number of nitrogens with one attached hydrogen (secondary N) is 2. The van der Waals surface area contributed by atoms with Gasteiger partial charge in [-0.3, -0.25) is 5.32 Å². The van der Waals surface area contributed by atoms with Crippen molar-refractivity contribution in [1.29, 1.82) is 0 Å². The Morgan fingerprint density at radius 2 is 2.50 bits per heavy atom. The van der Waals surface area contributed by atoms with E-state index in [1.54, 1.807) is 18.3 Å². The van der Waals surface area contributed by atoms with E-state index in [2.05, 4.69) is 15.6 Å². The van der Waals surface area contributed by atoms with Crippen molar-refractivity contribution >= 4 is 11.8 Å². The van der Waals surface area contributed by atoms with E-state index in [-0.39, 0.29) is 6.03 Å². The molecule has 1 aromatic rings. The van der Waals surface area contributed by atoms with E-state index < -0.39 is 0 Å². The number of hydrogen-bond donors (Lipinski definition) is 2. The fraction of sp³-hybridized carbons (Fsp3) is 0.455. The minimum Gasteiger partial charge on any atom is -0.381 e. The zero-order valence-electron chi connectivity index (χ0n) is 8.98. The molecule has 0 saturated carbocycles. The Morgan fingerprint density at radius 1 is 1.56 bits per heavy atom. The fourth-order valence-electron chi connectivity index (χ4n) is 1.58. The van der Waals surface area contributed by atoms with Crippen LogP contribution in [0.2, 0.25) is 0 Å². The van der Waals surface area contributed by atoms with Crippen molar-refractivity contribution in [2.75, 3.05) is 25.1 Å². The molecule has 2 N–H and O–H groups in total. The van der Waals surface area contributed by atoms with Crippen molar-refractivity contribution in [3.63, 3.8) is 0 Å². The molecule has 0 radical (unpaired) electrons. The van der Waals surface area contributed by atoms with E-state index in [4.69, 9.17) is 4.74 Å². The maximum Gasteiger partial charge on any atom is 0.320 e. The monoisotopic (exact) mass is 221 g/mol.